The van der Waals surface area contributed by atoms with Gasteiger partial charge < -0.3 is 0 Å². The van der Waals surface area contributed by atoms with Crippen LogP contribution in [0.25, 0.3) is 43.8 Å². The maximum absolute atomic E-state index is 4.93. The van der Waals surface area contributed by atoms with Crippen molar-refractivity contribution < 1.29 is 20.8 Å². The quantitative estimate of drug-likeness (QED) is 0.120. The SMILES string of the molecule is CCCC(C)c1cc2c(-c3ccc(C(C)(C)C)cc3)cccc2[cH-]1.C[Si]C.Cc1cc2c(-c3ccc(C(C)(C)C)cc3)ccc(C)c2[cH-]1.[Cl][Zr+2][Cl]. The number of hydrogen-bond acceptors (Lipinski definition) is 0. The molecule has 0 fully saturated rings. The van der Waals surface area contributed by atoms with Crippen molar-refractivity contribution in [3.05, 3.63) is 131 Å². The van der Waals surface area contributed by atoms with Gasteiger partial charge in [-0.2, -0.15) is 12.1 Å². The summed E-state index contributed by atoms with van der Waals surface area (Å²) in [4.78, 5) is 0. The standard InChI is InChI=1S/C24H29.C21H23.C2H6Si.2ClH.Zr/c1-6-8-17(2)20-15-19-9-7-10-22(23(19)16-20)18-11-13-21(14-12-18)24(3,4)5;1-14-12-19-15(2)6-11-18(20(19)13-14)16-7-9-17(10-8-16)21(3,4)5;1-3-2;;;/h7,9-17H,6,8H2,1-5H3;6-13H,1-5H3;1-2H3;2*1H;/q2*-1;;;;+4/p-2. The monoisotopic (exact) mass is 810 g/mol. The molecule has 0 saturated heterocycles. The molecule has 0 saturated carbocycles. The second-order valence-electron chi connectivity index (χ2n) is 15.8. The van der Waals surface area contributed by atoms with Gasteiger partial charge in [0.15, 0.2) is 0 Å². The van der Waals surface area contributed by atoms with Crippen LogP contribution in [0.2, 0.25) is 13.1 Å². The molecule has 0 amide bonds. The fraction of sp³-hybridized carbons (Fsp3) is 0.362. The van der Waals surface area contributed by atoms with Crippen LogP contribution in [0.4, 0.5) is 0 Å². The maximum atomic E-state index is 4.93. The first-order valence-corrected chi connectivity index (χ1v) is 26.5. The Labute approximate surface area is 331 Å². The van der Waals surface area contributed by atoms with Crippen molar-refractivity contribution in [2.24, 2.45) is 0 Å². The third-order valence-corrected chi connectivity index (χ3v) is 9.44. The molecule has 0 aromatic heterocycles. The molecular formula is C47H58Cl2SiZr. The van der Waals surface area contributed by atoms with E-state index in [0.717, 1.165) is 9.52 Å². The molecule has 0 bridgehead atoms. The van der Waals surface area contributed by atoms with Gasteiger partial charge in [0.25, 0.3) is 0 Å². The molecule has 268 valence electrons. The van der Waals surface area contributed by atoms with Crippen molar-refractivity contribution in [3.8, 4) is 22.3 Å². The van der Waals surface area contributed by atoms with E-state index in [-0.39, 0.29) is 10.8 Å². The van der Waals surface area contributed by atoms with Gasteiger partial charge in [0, 0.05) is 9.52 Å². The van der Waals surface area contributed by atoms with Crippen molar-refractivity contribution >= 4 is 48.1 Å². The third kappa shape index (κ3) is 11.9. The minimum atomic E-state index is -0.826. The number of fused-ring (bicyclic) bond motifs is 2. The number of hydrogen-bond donors (Lipinski definition) is 0. The van der Waals surface area contributed by atoms with Crippen LogP contribution in [0.1, 0.15) is 102 Å². The summed E-state index contributed by atoms with van der Waals surface area (Å²) >= 11 is -0.826. The Morgan fingerprint density at radius 3 is 1.65 bits per heavy atom. The Morgan fingerprint density at radius 1 is 0.686 bits per heavy atom. The van der Waals surface area contributed by atoms with E-state index >= 15 is 0 Å². The average Bonchev–Trinajstić information content (AvgIpc) is 3.70. The van der Waals surface area contributed by atoms with Gasteiger partial charge in [-0.1, -0.05) is 161 Å². The third-order valence-electron chi connectivity index (χ3n) is 9.44. The second-order valence-corrected chi connectivity index (χ2v) is 20.5. The second kappa shape index (κ2) is 19.7. The summed E-state index contributed by atoms with van der Waals surface area (Å²) in [5, 5.41) is 5.50. The summed E-state index contributed by atoms with van der Waals surface area (Å²) in [6.45, 7) is 26.8. The fourth-order valence-electron chi connectivity index (χ4n) is 6.53. The van der Waals surface area contributed by atoms with Crippen LogP contribution in [0.15, 0.2) is 103 Å². The molecular weight excluding hydrogens is 755 g/mol. The Kier molecular flexibility index (Phi) is 16.7. The summed E-state index contributed by atoms with van der Waals surface area (Å²) in [5.41, 5.74) is 12.7. The molecule has 0 N–H and O–H groups in total. The van der Waals surface area contributed by atoms with Crippen molar-refractivity contribution in [2.45, 2.75) is 112 Å². The van der Waals surface area contributed by atoms with E-state index in [1.165, 1.54) is 84.5 Å². The zero-order valence-corrected chi connectivity index (χ0v) is 38.0. The van der Waals surface area contributed by atoms with Gasteiger partial charge in [-0.05, 0) is 45.4 Å². The van der Waals surface area contributed by atoms with E-state index in [1.807, 2.05) is 0 Å². The molecule has 0 aliphatic heterocycles. The molecule has 1 atom stereocenters. The van der Waals surface area contributed by atoms with Gasteiger partial charge in [-0.15, -0.1) is 68.6 Å². The summed E-state index contributed by atoms with van der Waals surface area (Å²) in [6, 6.07) is 38.7. The van der Waals surface area contributed by atoms with Crippen LogP contribution in [0, 0.1) is 13.8 Å². The van der Waals surface area contributed by atoms with Gasteiger partial charge in [-0.25, -0.2) is 0 Å². The predicted octanol–water partition coefficient (Wildman–Crippen LogP) is 15.7. The van der Waals surface area contributed by atoms with Gasteiger partial charge in [0.05, 0.1) is 0 Å². The van der Waals surface area contributed by atoms with E-state index in [4.69, 9.17) is 17.0 Å². The van der Waals surface area contributed by atoms with Crippen LogP contribution in [0.3, 0.4) is 0 Å². The number of rotatable bonds is 5. The average molecular weight is 813 g/mol. The minimum absolute atomic E-state index is 0.202. The van der Waals surface area contributed by atoms with Gasteiger partial charge in [0.1, 0.15) is 0 Å². The van der Waals surface area contributed by atoms with E-state index in [0.29, 0.717) is 5.92 Å². The number of benzene rings is 4. The zero-order valence-electron chi connectivity index (χ0n) is 33.1. The van der Waals surface area contributed by atoms with Crippen molar-refractivity contribution in [2.75, 3.05) is 0 Å². The Hall–Kier alpha value is -2.22. The van der Waals surface area contributed by atoms with E-state index in [9.17, 15) is 0 Å². The number of halogens is 2. The van der Waals surface area contributed by atoms with E-state index < -0.39 is 20.8 Å². The molecule has 0 aliphatic carbocycles. The van der Waals surface area contributed by atoms with Gasteiger partial charge in [-0.3, -0.25) is 0 Å². The summed E-state index contributed by atoms with van der Waals surface area (Å²) < 4.78 is 0. The first-order chi connectivity index (χ1) is 24.1. The Balaban J connectivity index is 0.000000240. The predicted molar refractivity (Wildman–Crippen MR) is 229 cm³/mol. The van der Waals surface area contributed by atoms with Crippen molar-refractivity contribution in [1.29, 1.82) is 0 Å². The Morgan fingerprint density at radius 2 is 1.18 bits per heavy atom. The molecule has 2 radical (unpaired) electrons. The summed E-state index contributed by atoms with van der Waals surface area (Å²) in [7, 11) is 11.0. The van der Waals surface area contributed by atoms with Crippen LogP contribution in [0.5, 0.6) is 0 Å². The molecule has 0 heterocycles. The fourth-order valence-corrected chi connectivity index (χ4v) is 6.53. The van der Waals surface area contributed by atoms with Crippen LogP contribution in [-0.2, 0) is 31.7 Å². The molecule has 6 rings (SSSR count). The normalized spacial score (nSPS) is 11.8. The molecule has 51 heavy (non-hydrogen) atoms. The van der Waals surface area contributed by atoms with Crippen LogP contribution in [-0.4, -0.2) is 9.52 Å². The van der Waals surface area contributed by atoms with Crippen molar-refractivity contribution in [3.63, 3.8) is 0 Å². The van der Waals surface area contributed by atoms with Crippen molar-refractivity contribution in [1.82, 2.24) is 0 Å². The molecule has 0 spiro atoms. The van der Waals surface area contributed by atoms with Crippen LogP contribution < -0.4 is 0 Å². The molecule has 6 aromatic rings. The first kappa shape index (κ1) is 43.2. The molecule has 0 aliphatic rings. The van der Waals surface area contributed by atoms with Gasteiger partial charge in [0.2, 0.25) is 0 Å². The summed E-state index contributed by atoms with van der Waals surface area (Å²) in [5.74, 6) is 0.638. The first-order valence-electron chi connectivity index (χ1n) is 18.2. The van der Waals surface area contributed by atoms with E-state index in [2.05, 4.69) is 185 Å². The topological polar surface area (TPSA) is 0 Å². The van der Waals surface area contributed by atoms with Crippen LogP contribution >= 0.6 is 17.0 Å². The van der Waals surface area contributed by atoms with E-state index in [1.54, 1.807) is 0 Å². The molecule has 1 unspecified atom stereocenters. The Bertz CT molecular complexity index is 1930. The summed E-state index contributed by atoms with van der Waals surface area (Å²) in [6.07, 6.45) is 2.50. The van der Waals surface area contributed by atoms with Gasteiger partial charge >= 0.3 is 37.9 Å². The molecule has 4 heteroatoms. The molecule has 6 aromatic carbocycles. The zero-order chi connectivity index (χ0) is 37.9. The number of aryl methyl sites for hydroxylation is 2. The molecule has 0 nitrogen and oxygen atoms in total.